The third kappa shape index (κ3) is 1.50. The quantitative estimate of drug-likeness (QED) is 0.552. The Labute approximate surface area is 79.8 Å². The Morgan fingerprint density at radius 1 is 1.29 bits per heavy atom. The number of carboxylic acid groups (broad SMARTS) is 1. The molecule has 0 saturated heterocycles. The predicted molar refractivity (Wildman–Crippen MR) is 50.4 cm³/mol. The van der Waals surface area contributed by atoms with E-state index in [0.29, 0.717) is 5.52 Å². The minimum Gasteiger partial charge on any atom is -0.449 e. The second-order valence-corrected chi connectivity index (χ2v) is 2.70. The third-order valence-corrected chi connectivity index (χ3v) is 1.79. The van der Waals surface area contributed by atoms with E-state index in [1.165, 1.54) is 0 Å². The molecule has 0 aliphatic heterocycles. The van der Waals surface area contributed by atoms with Gasteiger partial charge in [-0.2, -0.15) is 0 Å². The van der Waals surface area contributed by atoms with E-state index in [4.69, 9.17) is 5.11 Å². The molecule has 0 radical (unpaired) electrons. The molecule has 0 aliphatic carbocycles. The van der Waals surface area contributed by atoms with Crippen molar-refractivity contribution in [3.05, 3.63) is 36.5 Å². The zero-order chi connectivity index (χ0) is 9.97. The highest BCUT2D eigenvalue weighted by molar-refractivity contribution is 5.85. The van der Waals surface area contributed by atoms with Gasteiger partial charge in [0.15, 0.2) is 5.75 Å². The van der Waals surface area contributed by atoms with Crippen molar-refractivity contribution < 1.29 is 14.6 Å². The van der Waals surface area contributed by atoms with Crippen LogP contribution < -0.4 is 4.74 Å². The summed E-state index contributed by atoms with van der Waals surface area (Å²) in [5, 5.41) is 9.33. The Kier molecular flexibility index (Phi) is 2.02. The molecule has 70 valence electrons. The molecule has 4 nitrogen and oxygen atoms in total. The predicted octanol–water partition coefficient (Wildman–Crippen LogP) is 2.29. The monoisotopic (exact) mass is 189 g/mol. The lowest BCUT2D eigenvalue weighted by Crippen LogP contribution is -2.03. The van der Waals surface area contributed by atoms with Crippen LogP contribution in [0, 0.1) is 0 Å². The van der Waals surface area contributed by atoms with Gasteiger partial charge in [-0.15, -0.1) is 0 Å². The van der Waals surface area contributed by atoms with E-state index in [-0.39, 0.29) is 5.75 Å². The lowest BCUT2D eigenvalue weighted by molar-refractivity contribution is 0.145. The zero-order valence-corrected chi connectivity index (χ0v) is 7.18. The summed E-state index contributed by atoms with van der Waals surface area (Å²) in [5.74, 6) is 0.260. The van der Waals surface area contributed by atoms with Crippen molar-refractivity contribution in [1.82, 2.24) is 4.98 Å². The van der Waals surface area contributed by atoms with Gasteiger partial charge >= 0.3 is 6.16 Å². The van der Waals surface area contributed by atoms with Crippen LogP contribution >= 0.6 is 0 Å². The van der Waals surface area contributed by atoms with Crippen molar-refractivity contribution in [1.29, 1.82) is 0 Å². The lowest BCUT2D eigenvalue weighted by Gasteiger charge is -2.02. The fourth-order valence-corrected chi connectivity index (χ4v) is 1.25. The molecule has 1 aromatic heterocycles. The summed E-state index contributed by atoms with van der Waals surface area (Å²) in [6.45, 7) is 0. The van der Waals surface area contributed by atoms with Gasteiger partial charge in [0.2, 0.25) is 0 Å². The number of hydrogen-bond acceptors (Lipinski definition) is 3. The first-order chi connectivity index (χ1) is 6.77. The van der Waals surface area contributed by atoms with Crippen molar-refractivity contribution >= 4 is 17.1 Å². The van der Waals surface area contributed by atoms with Crippen LogP contribution in [-0.2, 0) is 0 Å². The number of ether oxygens (including phenoxy) is 1. The van der Waals surface area contributed by atoms with Crippen molar-refractivity contribution in [2.45, 2.75) is 0 Å². The molecule has 0 spiro atoms. The number of pyridine rings is 1. The average Bonchev–Trinajstić information content (AvgIpc) is 2.18. The van der Waals surface area contributed by atoms with Crippen molar-refractivity contribution in [2.75, 3.05) is 0 Å². The first-order valence-corrected chi connectivity index (χ1v) is 4.02. The standard InChI is InChI=1S/C10H7NO3/c12-10(13)14-8-5-1-3-7-4-2-6-11-9(7)8/h1-6H,(H,12,13). The number of nitrogens with zero attached hydrogens (tertiary/aromatic N) is 1. The highest BCUT2D eigenvalue weighted by Gasteiger charge is 2.05. The molecule has 1 heterocycles. The number of para-hydroxylation sites is 1. The second kappa shape index (κ2) is 3.33. The first-order valence-electron chi connectivity index (χ1n) is 4.02. The van der Waals surface area contributed by atoms with E-state index in [1.807, 2.05) is 12.1 Å². The smallest absolute Gasteiger partial charge is 0.449 e. The van der Waals surface area contributed by atoms with Crippen LogP contribution in [0.2, 0.25) is 0 Å². The number of hydrogen-bond donors (Lipinski definition) is 1. The summed E-state index contributed by atoms with van der Waals surface area (Å²) in [4.78, 5) is 14.4. The molecule has 0 bridgehead atoms. The minimum atomic E-state index is -1.33. The molecule has 1 aromatic carbocycles. The van der Waals surface area contributed by atoms with Gasteiger partial charge in [-0.1, -0.05) is 18.2 Å². The Bertz CT molecular complexity index is 476. The van der Waals surface area contributed by atoms with Gasteiger partial charge < -0.3 is 9.84 Å². The molecule has 1 N–H and O–H groups in total. The molecule has 4 heteroatoms. The van der Waals surface area contributed by atoms with Gasteiger partial charge in [-0.3, -0.25) is 4.98 Å². The van der Waals surface area contributed by atoms with Gasteiger partial charge in [0.05, 0.1) is 0 Å². The molecule has 14 heavy (non-hydrogen) atoms. The van der Waals surface area contributed by atoms with Crippen LogP contribution in [0.25, 0.3) is 10.9 Å². The molecule has 0 fully saturated rings. The van der Waals surface area contributed by atoms with E-state index in [0.717, 1.165) is 5.39 Å². The Balaban J connectivity index is 2.59. The molecule has 0 aliphatic rings. The van der Waals surface area contributed by atoms with Crippen molar-refractivity contribution in [2.24, 2.45) is 0 Å². The summed E-state index contributed by atoms with van der Waals surface area (Å²) >= 11 is 0. The summed E-state index contributed by atoms with van der Waals surface area (Å²) in [5.41, 5.74) is 0.553. The number of rotatable bonds is 1. The van der Waals surface area contributed by atoms with Crippen LogP contribution in [0.3, 0.4) is 0 Å². The lowest BCUT2D eigenvalue weighted by atomic mass is 10.2. The first kappa shape index (κ1) is 8.50. The largest absolute Gasteiger partial charge is 0.511 e. The van der Waals surface area contributed by atoms with Crippen LogP contribution in [0.5, 0.6) is 5.75 Å². The Hall–Kier alpha value is -2.10. The van der Waals surface area contributed by atoms with Gasteiger partial charge in [0.1, 0.15) is 5.52 Å². The molecule has 2 aromatic rings. The summed E-state index contributed by atoms with van der Waals surface area (Å²) in [7, 11) is 0. The van der Waals surface area contributed by atoms with Crippen LogP contribution in [0.1, 0.15) is 0 Å². The van der Waals surface area contributed by atoms with E-state index in [1.54, 1.807) is 24.4 Å². The third-order valence-electron chi connectivity index (χ3n) is 1.79. The van der Waals surface area contributed by atoms with Gasteiger partial charge in [-0.05, 0) is 12.1 Å². The molecular weight excluding hydrogens is 182 g/mol. The topological polar surface area (TPSA) is 59.4 Å². The van der Waals surface area contributed by atoms with E-state index >= 15 is 0 Å². The number of aromatic nitrogens is 1. The maximum atomic E-state index is 10.4. The maximum Gasteiger partial charge on any atom is 0.511 e. The maximum absolute atomic E-state index is 10.4. The average molecular weight is 189 g/mol. The molecule has 0 atom stereocenters. The van der Waals surface area contributed by atoms with Crippen molar-refractivity contribution in [3.8, 4) is 5.75 Å². The normalized spacial score (nSPS) is 10.0. The van der Waals surface area contributed by atoms with Crippen LogP contribution in [0.15, 0.2) is 36.5 Å². The summed E-state index contributed by atoms with van der Waals surface area (Å²) < 4.78 is 4.58. The van der Waals surface area contributed by atoms with Gasteiger partial charge in [0.25, 0.3) is 0 Å². The van der Waals surface area contributed by atoms with Crippen LogP contribution in [0.4, 0.5) is 4.79 Å². The second-order valence-electron chi connectivity index (χ2n) is 2.70. The molecule has 0 unspecified atom stereocenters. The van der Waals surface area contributed by atoms with Gasteiger partial charge in [0, 0.05) is 11.6 Å². The highest BCUT2D eigenvalue weighted by Crippen LogP contribution is 2.22. The highest BCUT2D eigenvalue weighted by atomic mass is 16.7. The summed E-state index contributed by atoms with van der Waals surface area (Å²) in [6.07, 6.45) is 0.264. The number of carbonyl (C=O) groups is 1. The van der Waals surface area contributed by atoms with Crippen LogP contribution in [-0.4, -0.2) is 16.2 Å². The summed E-state index contributed by atoms with van der Waals surface area (Å²) in [6, 6.07) is 8.77. The molecular formula is C10H7NO3. The van der Waals surface area contributed by atoms with Gasteiger partial charge in [-0.25, -0.2) is 4.79 Å². The fourth-order valence-electron chi connectivity index (χ4n) is 1.25. The Morgan fingerprint density at radius 3 is 2.86 bits per heavy atom. The number of fused-ring (bicyclic) bond motifs is 1. The van der Waals surface area contributed by atoms with E-state index < -0.39 is 6.16 Å². The number of benzene rings is 1. The van der Waals surface area contributed by atoms with E-state index in [2.05, 4.69) is 9.72 Å². The van der Waals surface area contributed by atoms with Crippen molar-refractivity contribution in [3.63, 3.8) is 0 Å². The Morgan fingerprint density at radius 2 is 2.07 bits per heavy atom. The SMILES string of the molecule is O=C(O)Oc1cccc2cccnc12. The minimum absolute atomic E-state index is 0.260. The fraction of sp³-hybridized carbons (Fsp3) is 0. The molecule has 0 amide bonds. The van der Waals surface area contributed by atoms with E-state index in [9.17, 15) is 4.79 Å². The molecule has 0 saturated carbocycles. The zero-order valence-electron chi connectivity index (χ0n) is 7.18. The molecule has 2 rings (SSSR count).